The molecule has 0 unspecified atom stereocenters. The fourth-order valence-corrected chi connectivity index (χ4v) is 1.14. The molecule has 1 aromatic rings. The van der Waals surface area contributed by atoms with Crippen molar-refractivity contribution in [3.05, 3.63) is 50.9 Å². The van der Waals surface area contributed by atoms with Crippen LogP contribution < -0.4 is 0 Å². The lowest BCUT2D eigenvalue weighted by atomic mass is 10.1. The number of rotatable bonds is 4. The number of ether oxygens (including phenoxy) is 1. The van der Waals surface area contributed by atoms with E-state index in [9.17, 15) is 14.9 Å². The molecule has 0 aliphatic carbocycles. The summed E-state index contributed by atoms with van der Waals surface area (Å²) in [6.07, 6.45) is -1.58. The van der Waals surface area contributed by atoms with E-state index in [0.717, 1.165) is 6.07 Å². The van der Waals surface area contributed by atoms with Crippen molar-refractivity contribution in [3.63, 3.8) is 0 Å². The Hall–Kier alpha value is -3.06. The summed E-state index contributed by atoms with van der Waals surface area (Å²) in [7, 11) is 0. The third-order valence-electron chi connectivity index (χ3n) is 1.86. The lowest BCUT2D eigenvalue weighted by Crippen LogP contribution is -1.99. The Balaban J connectivity index is 3.22. The molecule has 1 aromatic carbocycles. The van der Waals surface area contributed by atoms with E-state index in [1.54, 1.807) is 0 Å². The van der Waals surface area contributed by atoms with E-state index in [1.165, 1.54) is 12.1 Å². The van der Waals surface area contributed by atoms with E-state index in [4.69, 9.17) is 10.6 Å². The Labute approximate surface area is 99.7 Å². The standard InChI is InChI=1S/C9H6N4O5/c1-5(18-9(14)15)6-2-3-7(11-12-10)8(4-6)13(16)17/h2-4H,1H2,(H,14,15). The smallest absolute Gasteiger partial charge is 0.449 e. The topological polar surface area (TPSA) is 138 Å². The van der Waals surface area contributed by atoms with E-state index in [1.807, 2.05) is 0 Å². The van der Waals surface area contributed by atoms with Crippen molar-refractivity contribution in [3.8, 4) is 0 Å². The number of nitrogens with zero attached hydrogens (tertiary/aromatic N) is 4. The van der Waals surface area contributed by atoms with Crippen LogP contribution in [0.3, 0.4) is 0 Å². The number of nitro benzene ring substituents is 1. The van der Waals surface area contributed by atoms with Crippen LogP contribution >= 0.6 is 0 Å². The van der Waals surface area contributed by atoms with Gasteiger partial charge in [-0.1, -0.05) is 17.8 Å². The van der Waals surface area contributed by atoms with E-state index in [-0.39, 0.29) is 17.0 Å². The highest BCUT2D eigenvalue weighted by Gasteiger charge is 2.16. The molecule has 0 amide bonds. The zero-order valence-corrected chi connectivity index (χ0v) is 8.81. The Kier molecular flexibility index (Phi) is 3.85. The molecular weight excluding hydrogens is 244 g/mol. The molecule has 9 nitrogen and oxygen atoms in total. The van der Waals surface area contributed by atoms with E-state index >= 15 is 0 Å². The number of benzene rings is 1. The minimum Gasteiger partial charge on any atom is -0.449 e. The van der Waals surface area contributed by atoms with E-state index in [2.05, 4.69) is 21.3 Å². The Bertz CT molecular complexity index is 576. The summed E-state index contributed by atoms with van der Waals surface area (Å²) in [5.41, 5.74) is 7.68. The number of hydrogen-bond acceptors (Lipinski definition) is 5. The summed E-state index contributed by atoms with van der Waals surface area (Å²) in [6, 6.07) is 3.47. The fraction of sp³-hybridized carbons (Fsp3) is 0. The van der Waals surface area contributed by atoms with Crippen LogP contribution in [0.4, 0.5) is 16.2 Å². The largest absolute Gasteiger partial charge is 0.511 e. The van der Waals surface area contributed by atoms with Gasteiger partial charge >= 0.3 is 6.16 Å². The van der Waals surface area contributed by atoms with Gasteiger partial charge in [-0.3, -0.25) is 10.1 Å². The van der Waals surface area contributed by atoms with Crippen molar-refractivity contribution in [2.45, 2.75) is 0 Å². The minimum absolute atomic E-state index is 0.0981. The lowest BCUT2D eigenvalue weighted by Gasteiger charge is -2.04. The van der Waals surface area contributed by atoms with E-state index < -0.39 is 16.8 Å². The van der Waals surface area contributed by atoms with Gasteiger partial charge in [-0.2, -0.15) is 0 Å². The summed E-state index contributed by atoms with van der Waals surface area (Å²) < 4.78 is 4.27. The number of azide groups is 1. The van der Waals surface area contributed by atoms with Crippen molar-refractivity contribution >= 4 is 23.3 Å². The van der Waals surface area contributed by atoms with Gasteiger partial charge in [0.15, 0.2) is 0 Å². The number of nitro groups is 1. The summed E-state index contributed by atoms with van der Waals surface area (Å²) in [4.78, 5) is 22.7. The third-order valence-corrected chi connectivity index (χ3v) is 1.86. The van der Waals surface area contributed by atoms with Gasteiger partial charge in [0.05, 0.1) is 4.92 Å². The maximum Gasteiger partial charge on any atom is 0.511 e. The summed E-state index contributed by atoms with van der Waals surface area (Å²) in [6.45, 7) is 3.31. The Morgan fingerprint density at radius 3 is 2.78 bits per heavy atom. The van der Waals surface area contributed by atoms with Crippen LogP contribution in [-0.2, 0) is 4.74 Å². The molecule has 18 heavy (non-hydrogen) atoms. The van der Waals surface area contributed by atoms with Crippen molar-refractivity contribution in [1.29, 1.82) is 0 Å². The van der Waals surface area contributed by atoms with E-state index in [0.29, 0.717) is 0 Å². The van der Waals surface area contributed by atoms with Gasteiger partial charge in [-0.05, 0) is 11.6 Å². The average Bonchev–Trinajstić information content (AvgIpc) is 2.28. The van der Waals surface area contributed by atoms with Crippen LogP contribution in [0.15, 0.2) is 29.9 Å². The SMILES string of the molecule is C=C(OC(=O)O)c1ccc(N=[N+]=[N-])c([N+](=O)[O-])c1. The molecule has 0 spiro atoms. The molecule has 92 valence electrons. The first-order chi connectivity index (χ1) is 8.45. The number of carbonyl (C=O) groups is 1. The van der Waals surface area contributed by atoms with Crippen LogP contribution in [0.25, 0.3) is 16.2 Å². The zero-order chi connectivity index (χ0) is 13.7. The zero-order valence-electron chi connectivity index (χ0n) is 8.81. The van der Waals surface area contributed by atoms with Gasteiger partial charge < -0.3 is 9.84 Å². The first kappa shape index (κ1) is 13.0. The average molecular weight is 250 g/mol. The van der Waals surface area contributed by atoms with Crippen molar-refractivity contribution in [2.24, 2.45) is 5.11 Å². The van der Waals surface area contributed by atoms with Gasteiger partial charge in [0.1, 0.15) is 11.4 Å². The predicted molar refractivity (Wildman–Crippen MR) is 60.0 cm³/mol. The Morgan fingerprint density at radius 1 is 1.61 bits per heavy atom. The normalized spacial score (nSPS) is 9.11. The van der Waals surface area contributed by atoms with Crippen molar-refractivity contribution < 1.29 is 19.6 Å². The monoisotopic (exact) mass is 250 g/mol. The van der Waals surface area contributed by atoms with Crippen LogP contribution in [0, 0.1) is 10.1 Å². The maximum absolute atomic E-state index is 10.7. The molecule has 9 heteroatoms. The lowest BCUT2D eigenvalue weighted by molar-refractivity contribution is -0.384. The molecular formula is C9H6N4O5. The van der Waals surface area contributed by atoms with Gasteiger partial charge in [0.25, 0.3) is 5.69 Å². The maximum atomic E-state index is 10.7. The third kappa shape index (κ3) is 2.97. The molecule has 0 atom stereocenters. The molecule has 0 saturated heterocycles. The molecule has 0 aliphatic heterocycles. The molecule has 0 fully saturated rings. The molecule has 0 aliphatic rings. The van der Waals surface area contributed by atoms with Crippen LogP contribution in [0.1, 0.15) is 5.56 Å². The van der Waals surface area contributed by atoms with Gasteiger partial charge in [-0.15, -0.1) is 0 Å². The molecule has 0 radical (unpaired) electrons. The highest BCUT2D eigenvalue weighted by molar-refractivity contribution is 5.73. The summed E-state index contributed by atoms with van der Waals surface area (Å²) >= 11 is 0. The fourth-order valence-electron chi connectivity index (χ4n) is 1.14. The molecule has 1 N–H and O–H groups in total. The highest BCUT2D eigenvalue weighted by atomic mass is 16.7. The van der Waals surface area contributed by atoms with Crippen LogP contribution in [-0.4, -0.2) is 16.2 Å². The molecule has 0 aromatic heterocycles. The molecule has 0 heterocycles. The second-order valence-electron chi connectivity index (χ2n) is 2.94. The van der Waals surface area contributed by atoms with Gasteiger partial charge in [0.2, 0.25) is 0 Å². The minimum atomic E-state index is -1.58. The molecule has 1 rings (SSSR count). The van der Waals surface area contributed by atoms with Gasteiger partial charge in [-0.25, -0.2) is 4.79 Å². The predicted octanol–water partition coefficient (Wildman–Crippen LogP) is 3.20. The first-order valence-electron chi connectivity index (χ1n) is 4.39. The number of hydrogen-bond donors (Lipinski definition) is 1. The Morgan fingerprint density at radius 2 is 2.28 bits per heavy atom. The summed E-state index contributed by atoms with van der Waals surface area (Å²) in [5.74, 6) is -0.266. The number of carboxylic acid groups (broad SMARTS) is 1. The highest BCUT2D eigenvalue weighted by Crippen LogP contribution is 2.30. The summed E-state index contributed by atoms with van der Waals surface area (Å²) in [5, 5.41) is 22.2. The van der Waals surface area contributed by atoms with Crippen LogP contribution in [0.5, 0.6) is 0 Å². The second kappa shape index (κ2) is 5.32. The second-order valence-corrected chi connectivity index (χ2v) is 2.94. The quantitative estimate of drug-likeness (QED) is 0.166. The van der Waals surface area contributed by atoms with Gasteiger partial charge in [0, 0.05) is 16.5 Å². The molecule has 0 bridgehead atoms. The molecule has 0 saturated carbocycles. The van der Waals surface area contributed by atoms with Crippen LogP contribution in [0.2, 0.25) is 0 Å². The first-order valence-corrected chi connectivity index (χ1v) is 4.39. The van der Waals surface area contributed by atoms with Crippen molar-refractivity contribution in [1.82, 2.24) is 0 Å². The van der Waals surface area contributed by atoms with Crippen molar-refractivity contribution in [2.75, 3.05) is 0 Å².